The second-order valence-corrected chi connectivity index (χ2v) is 7.74. The molecule has 23 heavy (non-hydrogen) atoms. The summed E-state index contributed by atoms with van der Waals surface area (Å²) in [6.07, 6.45) is 1.05. The van der Waals surface area contributed by atoms with E-state index in [1.165, 1.54) is 0 Å². The van der Waals surface area contributed by atoms with Gasteiger partial charge in [0, 0.05) is 13.5 Å². The molecule has 4 nitrogen and oxygen atoms in total. The molecule has 0 aliphatic carbocycles. The van der Waals surface area contributed by atoms with Crippen LogP contribution in [0.4, 0.5) is 0 Å². The normalized spacial score (nSPS) is 13.2. The lowest BCUT2D eigenvalue weighted by molar-refractivity contribution is -0.133. The van der Waals surface area contributed by atoms with E-state index in [0.717, 1.165) is 11.1 Å². The van der Waals surface area contributed by atoms with Crippen LogP contribution in [0.3, 0.4) is 0 Å². The molecule has 0 fully saturated rings. The van der Waals surface area contributed by atoms with E-state index in [1.807, 2.05) is 46.8 Å². The molecule has 0 aliphatic heterocycles. The zero-order valence-corrected chi connectivity index (χ0v) is 15.3. The fraction of sp³-hybridized carbons (Fsp3) is 0.632. The van der Waals surface area contributed by atoms with Crippen molar-refractivity contribution in [3.05, 3.63) is 29.3 Å². The maximum absolute atomic E-state index is 12.2. The van der Waals surface area contributed by atoms with E-state index >= 15 is 0 Å². The molecule has 0 saturated carbocycles. The third kappa shape index (κ3) is 5.54. The molecular formula is C19H31NO3. The van der Waals surface area contributed by atoms with Gasteiger partial charge in [0.05, 0.1) is 12.6 Å². The van der Waals surface area contributed by atoms with Crippen LogP contribution in [0.2, 0.25) is 0 Å². The number of phenols is 1. The number of amides is 1. The van der Waals surface area contributed by atoms with Crippen LogP contribution in [-0.4, -0.2) is 40.7 Å². The topological polar surface area (TPSA) is 60.8 Å². The summed E-state index contributed by atoms with van der Waals surface area (Å²) >= 11 is 0. The van der Waals surface area contributed by atoms with E-state index in [9.17, 15) is 15.0 Å². The highest BCUT2D eigenvalue weighted by Gasteiger charge is 2.22. The summed E-state index contributed by atoms with van der Waals surface area (Å²) in [4.78, 5) is 13.8. The van der Waals surface area contributed by atoms with E-state index in [4.69, 9.17) is 0 Å². The summed E-state index contributed by atoms with van der Waals surface area (Å²) in [5, 5.41) is 19.7. The lowest BCUT2D eigenvalue weighted by Gasteiger charge is -2.28. The first-order valence-corrected chi connectivity index (χ1v) is 8.25. The van der Waals surface area contributed by atoms with Gasteiger partial charge in [0.2, 0.25) is 5.91 Å². The highest BCUT2D eigenvalue weighted by atomic mass is 16.3. The number of phenolic OH excluding ortho intramolecular Hbond substituents is 1. The molecule has 0 aromatic heterocycles. The van der Waals surface area contributed by atoms with Crippen LogP contribution in [0.5, 0.6) is 5.75 Å². The highest BCUT2D eigenvalue weighted by Crippen LogP contribution is 2.31. The molecule has 2 N–H and O–H groups in total. The van der Waals surface area contributed by atoms with Crippen LogP contribution in [0.25, 0.3) is 0 Å². The second kappa shape index (κ2) is 7.82. The van der Waals surface area contributed by atoms with Crippen LogP contribution >= 0.6 is 0 Å². The Morgan fingerprint density at radius 1 is 1.26 bits per heavy atom. The molecule has 4 heteroatoms. The Kier molecular flexibility index (Phi) is 6.63. The lowest BCUT2D eigenvalue weighted by atomic mass is 9.84. The fourth-order valence-corrected chi connectivity index (χ4v) is 2.60. The Morgan fingerprint density at radius 3 is 2.35 bits per heavy atom. The van der Waals surface area contributed by atoms with Crippen molar-refractivity contribution in [3.63, 3.8) is 0 Å². The van der Waals surface area contributed by atoms with Crippen LogP contribution in [0.1, 0.15) is 52.2 Å². The first-order valence-electron chi connectivity index (χ1n) is 8.25. The average molecular weight is 321 g/mol. The van der Waals surface area contributed by atoms with Gasteiger partial charge in [-0.1, -0.05) is 46.8 Å². The van der Waals surface area contributed by atoms with Gasteiger partial charge in [-0.15, -0.1) is 0 Å². The van der Waals surface area contributed by atoms with Crippen molar-refractivity contribution < 1.29 is 15.0 Å². The average Bonchev–Trinajstić information content (AvgIpc) is 2.43. The number of hydrogen-bond acceptors (Lipinski definition) is 3. The summed E-state index contributed by atoms with van der Waals surface area (Å²) in [5.74, 6) is 0.630. The smallest absolute Gasteiger partial charge is 0.222 e. The van der Waals surface area contributed by atoms with Gasteiger partial charge in [-0.25, -0.2) is 0 Å². The van der Waals surface area contributed by atoms with Gasteiger partial charge in [-0.05, 0) is 34.9 Å². The molecule has 0 radical (unpaired) electrons. The maximum atomic E-state index is 12.2. The number of nitrogens with zero attached hydrogens (tertiary/aromatic N) is 1. The van der Waals surface area contributed by atoms with Gasteiger partial charge in [-0.3, -0.25) is 4.79 Å². The van der Waals surface area contributed by atoms with E-state index in [1.54, 1.807) is 18.0 Å². The van der Waals surface area contributed by atoms with Gasteiger partial charge in [0.15, 0.2) is 0 Å². The molecule has 1 atom stereocenters. The number of aliphatic hydroxyl groups excluding tert-OH is 1. The molecule has 1 aromatic rings. The molecule has 0 heterocycles. The fourth-order valence-electron chi connectivity index (χ4n) is 2.60. The molecule has 1 rings (SSSR count). The van der Waals surface area contributed by atoms with Crippen molar-refractivity contribution in [2.24, 2.45) is 5.92 Å². The summed E-state index contributed by atoms with van der Waals surface area (Å²) in [6, 6.07) is 5.27. The number of aliphatic hydroxyl groups is 1. The van der Waals surface area contributed by atoms with Gasteiger partial charge < -0.3 is 15.1 Å². The molecule has 0 saturated heterocycles. The zero-order valence-electron chi connectivity index (χ0n) is 15.3. The number of aromatic hydroxyl groups is 1. The Hall–Kier alpha value is -1.55. The Labute approximate surface area is 140 Å². The van der Waals surface area contributed by atoms with Crippen LogP contribution < -0.4 is 0 Å². The lowest BCUT2D eigenvalue weighted by Crippen LogP contribution is -2.41. The molecule has 0 aliphatic rings. The Bertz CT molecular complexity index is 532. The molecule has 1 amide bonds. The summed E-state index contributed by atoms with van der Waals surface area (Å²) < 4.78 is 0. The number of rotatable bonds is 6. The first kappa shape index (κ1) is 19.5. The number of likely N-dealkylation sites (N-methyl/N-ethyl adjacent to an activating group) is 1. The molecule has 0 spiro atoms. The standard InChI is InChI=1S/C19H31NO3/c1-13(2)9-18(23)20(6)15(12-21)10-14-7-8-17(22)16(11-14)19(3,4)5/h7-8,11,13,15,21-22H,9-10,12H2,1-6H3. The third-order valence-electron chi connectivity index (χ3n) is 4.08. The van der Waals surface area contributed by atoms with Crippen LogP contribution in [0, 0.1) is 5.92 Å². The van der Waals surface area contributed by atoms with Crippen molar-refractivity contribution in [3.8, 4) is 5.75 Å². The summed E-state index contributed by atoms with van der Waals surface area (Å²) in [5.41, 5.74) is 1.73. The van der Waals surface area contributed by atoms with Gasteiger partial charge >= 0.3 is 0 Å². The van der Waals surface area contributed by atoms with Crippen LogP contribution in [-0.2, 0) is 16.6 Å². The molecule has 1 aromatic carbocycles. The van der Waals surface area contributed by atoms with Gasteiger partial charge in [0.25, 0.3) is 0 Å². The largest absolute Gasteiger partial charge is 0.508 e. The number of carbonyl (C=O) groups is 1. The monoisotopic (exact) mass is 321 g/mol. The number of carbonyl (C=O) groups excluding carboxylic acids is 1. The highest BCUT2D eigenvalue weighted by molar-refractivity contribution is 5.76. The minimum absolute atomic E-state index is 0.0499. The summed E-state index contributed by atoms with van der Waals surface area (Å²) in [7, 11) is 1.75. The van der Waals surface area contributed by atoms with E-state index < -0.39 is 0 Å². The van der Waals surface area contributed by atoms with E-state index in [2.05, 4.69) is 0 Å². The Balaban J connectivity index is 2.93. The van der Waals surface area contributed by atoms with Gasteiger partial charge in [0.1, 0.15) is 5.75 Å². The molecule has 0 bridgehead atoms. The summed E-state index contributed by atoms with van der Waals surface area (Å²) in [6.45, 7) is 10.1. The minimum Gasteiger partial charge on any atom is -0.508 e. The van der Waals surface area contributed by atoms with Crippen molar-refractivity contribution in [1.82, 2.24) is 4.90 Å². The molecule has 1 unspecified atom stereocenters. The van der Waals surface area contributed by atoms with Crippen LogP contribution in [0.15, 0.2) is 18.2 Å². The van der Waals surface area contributed by atoms with Gasteiger partial charge in [-0.2, -0.15) is 0 Å². The predicted molar refractivity (Wildman–Crippen MR) is 93.6 cm³/mol. The van der Waals surface area contributed by atoms with Crippen molar-refractivity contribution >= 4 is 5.91 Å². The van der Waals surface area contributed by atoms with E-state index in [-0.39, 0.29) is 29.7 Å². The minimum atomic E-state index is -0.251. The van der Waals surface area contributed by atoms with Crippen molar-refractivity contribution in [2.45, 2.75) is 58.9 Å². The number of benzene rings is 1. The third-order valence-corrected chi connectivity index (χ3v) is 4.08. The molecular weight excluding hydrogens is 290 g/mol. The quantitative estimate of drug-likeness (QED) is 0.846. The molecule has 130 valence electrons. The number of hydrogen-bond donors (Lipinski definition) is 2. The van der Waals surface area contributed by atoms with Crippen molar-refractivity contribution in [2.75, 3.05) is 13.7 Å². The second-order valence-electron chi connectivity index (χ2n) is 7.74. The zero-order chi connectivity index (χ0) is 17.8. The first-order chi connectivity index (χ1) is 10.6. The van der Waals surface area contributed by atoms with Crippen molar-refractivity contribution in [1.29, 1.82) is 0 Å². The SMILES string of the molecule is CC(C)CC(=O)N(C)C(CO)Cc1ccc(O)c(C(C)(C)C)c1. The Morgan fingerprint density at radius 2 is 1.87 bits per heavy atom. The van der Waals surface area contributed by atoms with E-state index in [0.29, 0.717) is 18.8 Å². The maximum Gasteiger partial charge on any atom is 0.222 e. The predicted octanol–water partition coefficient (Wildman–Crippen LogP) is 3.10.